The number of benzene rings is 1. The SMILES string of the molecule is O=C1Nc2cc(Br)ccc2C(C#CC2CC2)N1. The van der Waals surface area contributed by atoms with Gasteiger partial charge >= 0.3 is 6.03 Å². The van der Waals surface area contributed by atoms with E-state index in [0.29, 0.717) is 5.92 Å². The molecule has 1 saturated carbocycles. The largest absolute Gasteiger partial charge is 0.320 e. The molecule has 0 bridgehead atoms. The summed E-state index contributed by atoms with van der Waals surface area (Å²) < 4.78 is 0.951. The predicted octanol–water partition coefficient (Wildman–Crippen LogP) is 3.04. The number of fused-ring (bicyclic) bond motifs is 1. The van der Waals surface area contributed by atoms with Crippen molar-refractivity contribution in [2.24, 2.45) is 5.92 Å². The third kappa shape index (κ3) is 2.29. The van der Waals surface area contributed by atoms with Crippen LogP contribution < -0.4 is 10.6 Å². The molecule has 1 unspecified atom stereocenters. The van der Waals surface area contributed by atoms with Crippen molar-refractivity contribution in [2.75, 3.05) is 5.32 Å². The Kier molecular flexibility index (Phi) is 2.56. The van der Waals surface area contributed by atoms with Gasteiger partial charge in [-0.15, -0.1) is 0 Å². The molecular formula is C13H11BrN2O. The van der Waals surface area contributed by atoms with E-state index in [1.54, 1.807) is 0 Å². The van der Waals surface area contributed by atoms with E-state index in [2.05, 4.69) is 38.4 Å². The van der Waals surface area contributed by atoms with Crippen molar-refractivity contribution in [3.8, 4) is 11.8 Å². The van der Waals surface area contributed by atoms with Crippen LogP contribution in [0.4, 0.5) is 10.5 Å². The molecule has 1 atom stereocenters. The first-order chi connectivity index (χ1) is 8.22. The van der Waals surface area contributed by atoms with Crippen molar-refractivity contribution in [1.29, 1.82) is 0 Å². The molecule has 1 aliphatic carbocycles. The molecule has 2 N–H and O–H groups in total. The molecule has 1 fully saturated rings. The topological polar surface area (TPSA) is 41.1 Å². The quantitative estimate of drug-likeness (QED) is 0.709. The molecule has 2 aliphatic rings. The number of hydrogen-bond acceptors (Lipinski definition) is 1. The van der Waals surface area contributed by atoms with Crippen LogP contribution in [-0.4, -0.2) is 6.03 Å². The van der Waals surface area contributed by atoms with Crippen LogP contribution in [0.2, 0.25) is 0 Å². The standard InChI is InChI=1S/C13H11BrN2O/c14-9-4-5-10-11(6-3-8-1-2-8)15-13(17)16-12(10)7-9/h4-5,7-8,11H,1-2H2,(H2,15,16,17). The maximum Gasteiger partial charge on any atom is 0.320 e. The van der Waals surface area contributed by atoms with Gasteiger partial charge in [-0.1, -0.05) is 33.8 Å². The minimum Gasteiger partial charge on any atom is -0.320 e. The Morgan fingerprint density at radius 2 is 2.12 bits per heavy atom. The second-order valence-corrected chi connectivity index (χ2v) is 5.24. The molecule has 17 heavy (non-hydrogen) atoms. The number of amides is 2. The van der Waals surface area contributed by atoms with Crippen molar-refractivity contribution in [1.82, 2.24) is 5.32 Å². The smallest absolute Gasteiger partial charge is 0.320 e. The molecule has 86 valence electrons. The fourth-order valence-electron chi connectivity index (χ4n) is 1.80. The van der Waals surface area contributed by atoms with Gasteiger partial charge in [0.05, 0.1) is 0 Å². The molecule has 1 heterocycles. The lowest BCUT2D eigenvalue weighted by Crippen LogP contribution is -2.37. The molecule has 0 spiro atoms. The summed E-state index contributed by atoms with van der Waals surface area (Å²) >= 11 is 3.39. The molecule has 3 rings (SSSR count). The minimum absolute atomic E-state index is 0.188. The predicted molar refractivity (Wildman–Crippen MR) is 69.5 cm³/mol. The van der Waals surface area contributed by atoms with Crippen molar-refractivity contribution in [3.05, 3.63) is 28.2 Å². The highest BCUT2D eigenvalue weighted by Gasteiger charge is 2.24. The average molecular weight is 291 g/mol. The first-order valence-electron chi connectivity index (χ1n) is 5.60. The van der Waals surface area contributed by atoms with Gasteiger partial charge in [-0.3, -0.25) is 0 Å². The fourth-order valence-corrected chi connectivity index (χ4v) is 2.16. The maximum absolute atomic E-state index is 11.5. The van der Waals surface area contributed by atoms with Crippen LogP contribution in [0.3, 0.4) is 0 Å². The number of carbonyl (C=O) groups excluding carboxylic acids is 1. The highest BCUT2D eigenvalue weighted by molar-refractivity contribution is 9.10. The summed E-state index contributed by atoms with van der Waals surface area (Å²) in [6, 6.07) is 5.47. The number of anilines is 1. The Hall–Kier alpha value is -1.47. The Morgan fingerprint density at radius 3 is 2.88 bits per heavy atom. The maximum atomic E-state index is 11.5. The van der Waals surface area contributed by atoms with E-state index in [9.17, 15) is 4.79 Å². The van der Waals surface area contributed by atoms with Crippen LogP contribution in [0.1, 0.15) is 24.4 Å². The van der Waals surface area contributed by atoms with Crippen LogP contribution in [0.25, 0.3) is 0 Å². The first kappa shape index (κ1) is 10.7. The highest BCUT2D eigenvalue weighted by Crippen LogP contribution is 2.31. The van der Waals surface area contributed by atoms with Crippen LogP contribution in [-0.2, 0) is 0 Å². The van der Waals surface area contributed by atoms with Crippen molar-refractivity contribution < 1.29 is 4.79 Å². The van der Waals surface area contributed by atoms with Crippen LogP contribution in [0, 0.1) is 17.8 Å². The van der Waals surface area contributed by atoms with Crippen LogP contribution in [0.15, 0.2) is 22.7 Å². The summed E-state index contributed by atoms with van der Waals surface area (Å²) in [5.41, 5.74) is 1.86. The van der Waals surface area contributed by atoms with Crippen molar-refractivity contribution in [2.45, 2.75) is 18.9 Å². The number of rotatable bonds is 0. The Labute approximate surface area is 108 Å². The number of nitrogens with one attached hydrogen (secondary N) is 2. The molecule has 3 nitrogen and oxygen atoms in total. The first-order valence-corrected chi connectivity index (χ1v) is 6.40. The molecular weight excluding hydrogens is 280 g/mol. The van der Waals surface area contributed by atoms with Gasteiger partial charge in [0.1, 0.15) is 6.04 Å². The van der Waals surface area contributed by atoms with Gasteiger partial charge in [-0.2, -0.15) is 0 Å². The molecule has 4 heteroatoms. The van der Waals surface area contributed by atoms with E-state index in [1.807, 2.05) is 18.2 Å². The minimum atomic E-state index is -0.189. The second kappa shape index (κ2) is 4.08. The lowest BCUT2D eigenvalue weighted by molar-refractivity contribution is 0.249. The molecule has 1 aliphatic heterocycles. The zero-order valence-electron chi connectivity index (χ0n) is 9.09. The summed E-state index contributed by atoms with van der Waals surface area (Å²) in [5, 5.41) is 5.62. The second-order valence-electron chi connectivity index (χ2n) is 4.33. The molecule has 0 radical (unpaired) electrons. The van der Waals surface area contributed by atoms with Gasteiger partial charge in [0.25, 0.3) is 0 Å². The Bertz CT molecular complexity index is 540. The van der Waals surface area contributed by atoms with Gasteiger partial charge < -0.3 is 10.6 Å². The van der Waals surface area contributed by atoms with E-state index < -0.39 is 0 Å². The summed E-state index contributed by atoms with van der Waals surface area (Å²) in [4.78, 5) is 11.5. The van der Waals surface area contributed by atoms with E-state index in [1.165, 1.54) is 12.8 Å². The lowest BCUT2D eigenvalue weighted by Gasteiger charge is -2.23. The van der Waals surface area contributed by atoms with E-state index in [-0.39, 0.29) is 12.1 Å². The summed E-state index contributed by atoms with van der Waals surface area (Å²) in [5.74, 6) is 6.89. The Balaban J connectivity index is 1.96. The van der Waals surface area contributed by atoms with Gasteiger partial charge in [0.2, 0.25) is 0 Å². The van der Waals surface area contributed by atoms with Gasteiger partial charge in [0.15, 0.2) is 0 Å². The van der Waals surface area contributed by atoms with Crippen molar-refractivity contribution in [3.63, 3.8) is 0 Å². The normalized spacial score (nSPS) is 21.7. The number of hydrogen-bond donors (Lipinski definition) is 2. The lowest BCUT2D eigenvalue weighted by atomic mass is 10.0. The van der Waals surface area contributed by atoms with E-state index >= 15 is 0 Å². The third-order valence-corrected chi connectivity index (χ3v) is 3.35. The molecule has 0 saturated heterocycles. The van der Waals surface area contributed by atoms with Gasteiger partial charge in [-0.25, -0.2) is 4.79 Å². The average Bonchev–Trinajstić information content (AvgIpc) is 3.08. The summed E-state index contributed by atoms with van der Waals surface area (Å²) in [7, 11) is 0. The number of halogens is 1. The summed E-state index contributed by atoms with van der Waals surface area (Å²) in [6.45, 7) is 0. The fraction of sp³-hybridized carbons (Fsp3) is 0.308. The molecule has 2 amide bonds. The third-order valence-electron chi connectivity index (χ3n) is 2.86. The summed E-state index contributed by atoms with van der Waals surface area (Å²) in [6.07, 6.45) is 2.39. The monoisotopic (exact) mass is 290 g/mol. The van der Waals surface area contributed by atoms with Crippen LogP contribution >= 0.6 is 15.9 Å². The number of urea groups is 1. The molecule has 1 aromatic rings. The van der Waals surface area contributed by atoms with E-state index in [0.717, 1.165) is 15.7 Å². The van der Waals surface area contributed by atoms with Crippen LogP contribution in [0.5, 0.6) is 0 Å². The zero-order valence-corrected chi connectivity index (χ0v) is 10.7. The molecule has 0 aromatic heterocycles. The van der Waals surface area contributed by atoms with Gasteiger partial charge in [-0.05, 0) is 25.0 Å². The van der Waals surface area contributed by atoms with Crippen molar-refractivity contribution >= 4 is 27.6 Å². The molecule has 1 aromatic carbocycles. The number of carbonyl (C=O) groups is 1. The zero-order chi connectivity index (χ0) is 11.8. The van der Waals surface area contributed by atoms with Gasteiger partial charge in [0, 0.05) is 21.6 Å². The van der Waals surface area contributed by atoms with E-state index in [4.69, 9.17) is 0 Å². The Morgan fingerprint density at radius 1 is 1.29 bits per heavy atom. The highest BCUT2D eigenvalue weighted by atomic mass is 79.9.